The molecule has 0 atom stereocenters. The molecule has 7 nitrogen and oxygen atoms in total. The molecule has 0 spiro atoms. The van der Waals surface area contributed by atoms with Gasteiger partial charge in [-0.1, -0.05) is 59.9 Å². The number of carbonyl (C=O) groups is 1. The van der Waals surface area contributed by atoms with Gasteiger partial charge in [0, 0.05) is 18.0 Å². The summed E-state index contributed by atoms with van der Waals surface area (Å²) in [4.78, 5) is 24.9. The Morgan fingerprint density at radius 1 is 1.00 bits per heavy atom. The standard InChI is InChI=1S/C18H13N5O2S/c1-23-17(25)13-10-6-5-9-12(13)14(22-23)15(24)19-18-21-20-16(26-18)11-7-3-2-4-8-11/h2-10H,1H3,(H,19,21,24). The quantitative estimate of drug-likeness (QED) is 0.604. The molecule has 2 aromatic carbocycles. The Hall–Kier alpha value is -3.39. The van der Waals surface area contributed by atoms with Crippen molar-refractivity contribution < 1.29 is 4.79 Å². The van der Waals surface area contributed by atoms with Crippen LogP contribution in [0.2, 0.25) is 0 Å². The van der Waals surface area contributed by atoms with Crippen LogP contribution >= 0.6 is 11.3 Å². The van der Waals surface area contributed by atoms with Crippen LogP contribution in [0.15, 0.2) is 59.4 Å². The third-order valence-electron chi connectivity index (χ3n) is 3.84. The number of nitrogens with one attached hydrogen (secondary N) is 1. The third kappa shape index (κ3) is 2.86. The fourth-order valence-corrected chi connectivity index (χ4v) is 3.34. The van der Waals surface area contributed by atoms with Crippen molar-refractivity contribution in [1.82, 2.24) is 20.0 Å². The zero-order valence-corrected chi connectivity index (χ0v) is 14.5. The van der Waals surface area contributed by atoms with Crippen molar-refractivity contribution in [1.29, 1.82) is 0 Å². The van der Waals surface area contributed by atoms with Crippen molar-refractivity contribution in [2.45, 2.75) is 0 Å². The van der Waals surface area contributed by atoms with Gasteiger partial charge in [-0.05, 0) is 6.07 Å². The molecule has 0 saturated carbocycles. The number of rotatable bonds is 3. The molecule has 0 saturated heterocycles. The van der Waals surface area contributed by atoms with E-state index in [4.69, 9.17) is 0 Å². The highest BCUT2D eigenvalue weighted by atomic mass is 32.1. The average Bonchev–Trinajstić information content (AvgIpc) is 3.14. The number of fused-ring (bicyclic) bond motifs is 1. The predicted molar refractivity (Wildman–Crippen MR) is 100 cm³/mol. The van der Waals surface area contributed by atoms with Gasteiger partial charge in [-0.2, -0.15) is 5.10 Å². The molecule has 0 unspecified atom stereocenters. The smallest absolute Gasteiger partial charge is 0.278 e. The largest absolute Gasteiger partial charge is 0.295 e. The second kappa shape index (κ2) is 6.49. The first-order valence-electron chi connectivity index (χ1n) is 7.80. The number of aryl methyl sites for hydroxylation is 1. The van der Waals surface area contributed by atoms with Crippen LogP contribution in [0.5, 0.6) is 0 Å². The van der Waals surface area contributed by atoms with Gasteiger partial charge in [-0.3, -0.25) is 14.9 Å². The third-order valence-corrected chi connectivity index (χ3v) is 4.73. The number of hydrogen-bond donors (Lipinski definition) is 1. The van der Waals surface area contributed by atoms with E-state index < -0.39 is 5.91 Å². The predicted octanol–water partition coefficient (Wildman–Crippen LogP) is 2.70. The molecule has 4 rings (SSSR count). The molecule has 8 heteroatoms. The molecule has 1 N–H and O–H groups in total. The molecular weight excluding hydrogens is 350 g/mol. The summed E-state index contributed by atoms with van der Waals surface area (Å²) >= 11 is 1.27. The number of nitrogens with zero attached hydrogens (tertiary/aromatic N) is 4. The zero-order valence-electron chi connectivity index (χ0n) is 13.7. The van der Waals surface area contributed by atoms with Crippen molar-refractivity contribution in [3.05, 3.63) is 70.6 Å². The highest BCUT2D eigenvalue weighted by Gasteiger charge is 2.17. The van der Waals surface area contributed by atoms with E-state index in [-0.39, 0.29) is 11.3 Å². The molecule has 26 heavy (non-hydrogen) atoms. The first-order chi connectivity index (χ1) is 12.6. The maximum atomic E-state index is 12.7. The lowest BCUT2D eigenvalue weighted by molar-refractivity contribution is 0.102. The van der Waals surface area contributed by atoms with Crippen molar-refractivity contribution in [2.75, 3.05) is 5.32 Å². The molecular formula is C18H13N5O2S. The second-order valence-corrected chi connectivity index (χ2v) is 6.53. The highest BCUT2D eigenvalue weighted by Crippen LogP contribution is 2.26. The van der Waals surface area contributed by atoms with E-state index in [0.717, 1.165) is 10.2 Å². The molecule has 0 bridgehead atoms. The molecule has 0 aliphatic heterocycles. The normalized spacial score (nSPS) is 10.8. The van der Waals surface area contributed by atoms with E-state index in [0.29, 0.717) is 20.9 Å². The minimum Gasteiger partial charge on any atom is -0.295 e. The SMILES string of the molecule is Cn1nc(C(=O)Nc2nnc(-c3ccccc3)s2)c2ccccc2c1=O. The Morgan fingerprint density at radius 3 is 2.46 bits per heavy atom. The minimum absolute atomic E-state index is 0.166. The van der Waals surface area contributed by atoms with Crippen LogP contribution in [-0.2, 0) is 7.05 Å². The highest BCUT2D eigenvalue weighted by molar-refractivity contribution is 7.18. The number of anilines is 1. The van der Waals surface area contributed by atoms with Gasteiger partial charge in [0.25, 0.3) is 11.5 Å². The summed E-state index contributed by atoms with van der Waals surface area (Å²) in [5.74, 6) is -0.437. The molecule has 2 heterocycles. The van der Waals surface area contributed by atoms with Crippen LogP contribution < -0.4 is 10.9 Å². The zero-order chi connectivity index (χ0) is 18.1. The maximum absolute atomic E-state index is 12.7. The summed E-state index contributed by atoms with van der Waals surface area (Å²) in [6, 6.07) is 16.5. The van der Waals surface area contributed by atoms with Gasteiger partial charge >= 0.3 is 0 Å². The van der Waals surface area contributed by atoms with Crippen LogP contribution in [0.25, 0.3) is 21.3 Å². The lowest BCUT2D eigenvalue weighted by atomic mass is 10.1. The van der Waals surface area contributed by atoms with Crippen LogP contribution in [-0.4, -0.2) is 25.9 Å². The van der Waals surface area contributed by atoms with Crippen LogP contribution in [0.1, 0.15) is 10.5 Å². The van der Waals surface area contributed by atoms with E-state index in [2.05, 4.69) is 20.6 Å². The summed E-state index contributed by atoms with van der Waals surface area (Å²) in [5, 5.41) is 17.0. The average molecular weight is 363 g/mol. The van der Waals surface area contributed by atoms with Crippen LogP contribution in [0.4, 0.5) is 5.13 Å². The fraction of sp³-hybridized carbons (Fsp3) is 0.0556. The van der Waals surface area contributed by atoms with E-state index in [9.17, 15) is 9.59 Å². The van der Waals surface area contributed by atoms with Gasteiger partial charge in [0.1, 0.15) is 5.01 Å². The molecule has 128 valence electrons. The first-order valence-corrected chi connectivity index (χ1v) is 8.61. The molecule has 1 amide bonds. The maximum Gasteiger partial charge on any atom is 0.278 e. The summed E-state index contributed by atoms with van der Waals surface area (Å²) in [6.07, 6.45) is 0. The van der Waals surface area contributed by atoms with Gasteiger partial charge in [0.15, 0.2) is 5.69 Å². The van der Waals surface area contributed by atoms with Crippen molar-refractivity contribution in [2.24, 2.45) is 7.05 Å². The summed E-state index contributed by atoms with van der Waals surface area (Å²) in [7, 11) is 1.52. The number of aromatic nitrogens is 4. The Labute approximate surface area is 151 Å². The van der Waals surface area contributed by atoms with E-state index in [1.165, 1.54) is 18.4 Å². The Morgan fingerprint density at radius 2 is 1.69 bits per heavy atom. The van der Waals surface area contributed by atoms with E-state index >= 15 is 0 Å². The molecule has 0 aliphatic rings. The van der Waals surface area contributed by atoms with Gasteiger partial charge in [-0.15, -0.1) is 10.2 Å². The Bertz CT molecular complexity index is 1170. The van der Waals surface area contributed by atoms with E-state index in [1.807, 2.05) is 30.3 Å². The number of benzene rings is 2. The number of hydrogen-bond acceptors (Lipinski definition) is 6. The molecule has 0 fully saturated rings. The van der Waals surface area contributed by atoms with Gasteiger partial charge in [0.2, 0.25) is 5.13 Å². The molecule has 2 aromatic heterocycles. The van der Waals surface area contributed by atoms with Crippen LogP contribution in [0, 0.1) is 0 Å². The van der Waals surface area contributed by atoms with E-state index in [1.54, 1.807) is 24.3 Å². The van der Waals surface area contributed by atoms with Crippen LogP contribution in [0.3, 0.4) is 0 Å². The van der Waals surface area contributed by atoms with Crippen molar-refractivity contribution in [3.8, 4) is 10.6 Å². The first kappa shape index (κ1) is 16.1. The van der Waals surface area contributed by atoms with Gasteiger partial charge in [-0.25, -0.2) is 4.68 Å². The number of carbonyl (C=O) groups excluding carboxylic acids is 1. The summed E-state index contributed by atoms with van der Waals surface area (Å²) < 4.78 is 1.16. The van der Waals surface area contributed by atoms with Crippen molar-refractivity contribution >= 4 is 33.1 Å². The monoisotopic (exact) mass is 363 g/mol. The minimum atomic E-state index is -0.437. The Kier molecular flexibility index (Phi) is 4.02. The van der Waals surface area contributed by atoms with Gasteiger partial charge < -0.3 is 0 Å². The topological polar surface area (TPSA) is 89.8 Å². The Balaban J connectivity index is 1.68. The lowest BCUT2D eigenvalue weighted by Crippen LogP contribution is -2.25. The van der Waals surface area contributed by atoms with Crippen molar-refractivity contribution in [3.63, 3.8) is 0 Å². The number of amides is 1. The second-order valence-electron chi connectivity index (χ2n) is 5.56. The molecule has 4 aromatic rings. The molecule has 0 aliphatic carbocycles. The summed E-state index contributed by atoms with van der Waals surface area (Å²) in [6.45, 7) is 0. The van der Waals surface area contributed by atoms with Gasteiger partial charge in [0.05, 0.1) is 5.39 Å². The molecule has 0 radical (unpaired) electrons. The fourth-order valence-electron chi connectivity index (χ4n) is 2.59. The lowest BCUT2D eigenvalue weighted by Gasteiger charge is -2.07. The summed E-state index contributed by atoms with van der Waals surface area (Å²) in [5.41, 5.74) is 0.842.